The Balaban J connectivity index is 1.82. The molecule has 0 atom stereocenters. The van der Waals surface area contributed by atoms with Crippen LogP contribution in [0.2, 0.25) is 20.1 Å². The first-order valence-electron chi connectivity index (χ1n) is 15.6. The van der Waals surface area contributed by atoms with Crippen molar-refractivity contribution in [2.24, 2.45) is 4.99 Å². The SMILES string of the molecule is CCOC(=O)c1c(Cl)c(Cl)c(Cl)c(Cl)c1C1=c2cc3c(cc2Oc2cc4c(cc21)C(C)=CC(C)(C)N4CC)=NC(C)(C)C=C3CS(=O)(=O)Cl. The predicted molar refractivity (Wildman–Crippen MR) is 200 cm³/mol. The molecule has 3 aliphatic heterocycles. The van der Waals surface area contributed by atoms with Crippen LogP contribution in [0.25, 0.3) is 16.7 Å². The number of rotatable bonds is 6. The Bertz CT molecular complexity index is 2290. The van der Waals surface area contributed by atoms with Crippen molar-refractivity contribution in [2.75, 3.05) is 23.8 Å². The molecule has 3 aromatic rings. The molecule has 6 rings (SSSR count). The number of hydrogen-bond acceptors (Lipinski definition) is 7. The molecule has 0 radical (unpaired) electrons. The molecule has 0 unspecified atom stereocenters. The van der Waals surface area contributed by atoms with Gasteiger partial charge in [-0.05, 0) is 71.7 Å². The highest BCUT2D eigenvalue weighted by atomic mass is 35.7. The molecule has 0 bridgehead atoms. The number of anilines is 1. The smallest absolute Gasteiger partial charge is 0.340 e. The molecule has 3 heterocycles. The fraction of sp³-hybridized carbons (Fsp3) is 0.333. The summed E-state index contributed by atoms with van der Waals surface area (Å²) >= 11 is 27.1. The molecule has 0 saturated heterocycles. The first kappa shape index (κ1) is 36.1. The highest BCUT2D eigenvalue weighted by molar-refractivity contribution is 8.14. The van der Waals surface area contributed by atoms with Gasteiger partial charge in [0.05, 0.1) is 54.4 Å². The van der Waals surface area contributed by atoms with Gasteiger partial charge in [-0.2, -0.15) is 0 Å². The fourth-order valence-corrected chi connectivity index (χ4v) is 9.09. The van der Waals surface area contributed by atoms with Crippen molar-refractivity contribution in [1.82, 2.24) is 0 Å². The minimum atomic E-state index is -3.95. The first-order chi connectivity index (χ1) is 22.8. The van der Waals surface area contributed by atoms with Gasteiger partial charge in [-0.3, -0.25) is 4.99 Å². The molecule has 3 aliphatic rings. The largest absolute Gasteiger partial charge is 0.462 e. The third kappa shape index (κ3) is 6.27. The van der Waals surface area contributed by atoms with E-state index in [1.54, 1.807) is 25.1 Å². The molecule has 13 heteroatoms. The van der Waals surface area contributed by atoms with Crippen LogP contribution in [0.4, 0.5) is 5.69 Å². The van der Waals surface area contributed by atoms with Crippen LogP contribution in [-0.4, -0.2) is 44.4 Å². The molecule has 7 nitrogen and oxygen atoms in total. The maximum Gasteiger partial charge on any atom is 0.340 e. The maximum absolute atomic E-state index is 13.7. The molecule has 0 N–H and O–H groups in total. The number of esters is 1. The topological polar surface area (TPSA) is 85.3 Å². The van der Waals surface area contributed by atoms with Crippen molar-refractivity contribution in [1.29, 1.82) is 0 Å². The number of benzene rings is 3. The van der Waals surface area contributed by atoms with E-state index in [-0.39, 0.29) is 43.4 Å². The zero-order chi connectivity index (χ0) is 36.0. The van der Waals surface area contributed by atoms with Crippen LogP contribution in [0.15, 0.2) is 41.4 Å². The van der Waals surface area contributed by atoms with Gasteiger partial charge in [0.15, 0.2) is 0 Å². The van der Waals surface area contributed by atoms with E-state index >= 15 is 0 Å². The lowest BCUT2D eigenvalue weighted by molar-refractivity contribution is 0.0526. The molecular weight excluding hydrogens is 750 g/mol. The Morgan fingerprint density at radius 3 is 2.20 bits per heavy atom. The molecule has 0 aromatic heterocycles. The highest BCUT2D eigenvalue weighted by Crippen LogP contribution is 2.50. The molecule has 0 fully saturated rings. The van der Waals surface area contributed by atoms with Crippen LogP contribution in [-0.2, 0) is 13.8 Å². The summed E-state index contributed by atoms with van der Waals surface area (Å²) in [5, 5.41) is 0.726. The summed E-state index contributed by atoms with van der Waals surface area (Å²) < 4.78 is 37.0. The number of fused-ring (bicyclic) bond motifs is 4. The lowest BCUT2D eigenvalue weighted by Crippen LogP contribution is -2.45. The minimum absolute atomic E-state index is 0.0168. The van der Waals surface area contributed by atoms with Gasteiger partial charge in [0.1, 0.15) is 11.5 Å². The Hall–Kier alpha value is -2.72. The zero-order valence-electron chi connectivity index (χ0n) is 27.8. The summed E-state index contributed by atoms with van der Waals surface area (Å²) in [4.78, 5) is 20.9. The lowest BCUT2D eigenvalue weighted by Gasteiger charge is -2.43. The third-order valence-corrected chi connectivity index (χ3v) is 11.6. The van der Waals surface area contributed by atoms with E-state index in [1.807, 2.05) is 32.9 Å². The fourth-order valence-electron chi connectivity index (χ4n) is 7.11. The summed E-state index contributed by atoms with van der Waals surface area (Å²) in [6.45, 7) is 14.7. The number of carbonyl (C=O) groups is 1. The molecule has 258 valence electrons. The van der Waals surface area contributed by atoms with E-state index in [2.05, 4.69) is 31.7 Å². The summed E-state index contributed by atoms with van der Waals surface area (Å²) in [6.07, 6.45) is 3.98. The van der Waals surface area contributed by atoms with E-state index in [0.717, 1.165) is 23.4 Å². The lowest BCUT2D eigenvalue weighted by atomic mass is 9.83. The predicted octanol–water partition coefficient (Wildman–Crippen LogP) is 9.22. The number of allylic oxidation sites excluding steroid dienone is 1. The second kappa shape index (κ2) is 12.5. The van der Waals surface area contributed by atoms with Crippen molar-refractivity contribution in [3.8, 4) is 11.5 Å². The van der Waals surface area contributed by atoms with Crippen LogP contribution < -0.4 is 20.2 Å². The molecule has 0 spiro atoms. The van der Waals surface area contributed by atoms with Crippen LogP contribution in [0.3, 0.4) is 0 Å². The van der Waals surface area contributed by atoms with Gasteiger partial charge in [-0.15, -0.1) is 0 Å². The second-order valence-corrected chi connectivity index (χ2v) is 17.6. The molecule has 3 aromatic carbocycles. The average molecular weight is 783 g/mol. The van der Waals surface area contributed by atoms with Gasteiger partial charge in [-0.1, -0.05) is 58.6 Å². The zero-order valence-corrected chi connectivity index (χ0v) is 32.4. The van der Waals surface area contributed by atoms with E-state index in [0.29, 0.717) is 44.3 Å². The van der Waals surface area contributed by atoms with E-state index in [1.165, 1.54) is 0 Å². The molecule has 0 amide bonds. The number of nitrogens with zero attached hydrogens (tertiary/aromatic N) is 2. The molecule has 0 aliphatic carbocycles. The summed E-state index contributed by atoms with van der Waals surface area (Å²) in [5.41, 5.74) is 4.15. The highest BCUT2D eigenvalue weighted by Gasteiger charge is 2.36. The Kier molecular flexibility index (Phi) is 9.20. The number of likely N-dealkylation sites (N-methyl/N-ethyl adjacent to an activating group) is 1. The third-order valence-electron chi connectivity index (χ3n) is 8.86. The maximum atomic E-state index is 13.7. The van der Waals surface area contributed by atoms with Crippen LogP contribution in [0.5, 0.6) is 11.5 Å². The summed E-state index contributed by atoms with van der Waals surface area (Å²) in [5.74, 6) is -0.289. The van der Waals surface area contributed by atoms with Gasteiger partial charge in [-0.25, -0.2) is 13.2 Å². The molecule has 49 heavy (non-hydrogen) atoms. The number of hydrogen-bond donors (Lipinski definition) is 0. The van der Waals surface area contributed by atoms with Crippen molar-refractivity contribution in [3.05, 3.63) is 94.9 Å². The van der Waals surface area contributed by atoms with Gasteiger partial charge in [0, 0.05) is 68.1 Å². The number of halogens is 5. The van der Waals surface area contributed by atoms with E-state index in [4.69, 9.17) is 71.6 Å². The Labute approximate surface area is 310 Å². The van der Waals surface area contributed by atoms with Crippen molar-refractivity contribution in [2.45, 2.75) is 59.5 Å². The monoisotopic (exact) mass is 780 g/mol. The summed E-state index contributed by atoms with van der Waals surface area (Å²) in [7, 11) is 1.84. The number of ether oxygens (including phenoxy) is 2. The number of carbonyl (C=O) groups excluding carboxylic acids is 1. The van der Waals surface area contributed by atoms with Crippen molar-refractivity contribution < 1.29 is 22.7 Å². The average Bonchev–Trinajstić information content (AvgIpc) is 2.98. The van der Waals surface area contributed by atoms with Gasteiger partial charge < -0.3 is 14.4 Å². The Morgan fingerprint density at radius 1 is 0.898 bits per heavy atom. The van der Waals surface area contributed by atoms with Crippen molar-refractivity contribution >= 4 is 94.5 Å². The first-order valence-corrected chi connectivity index (χ1v) is 19.6. The van der Waals surface area contributed by atoms with Crippen LogP contribution >= 0.6 is 57.1 Å². The normalized spacial score (nSPS) is 17.1. The van der Waals surface area contributed by atoms with Crippen LogP contribution in [0, 0.1) is 0 Å². The van der Waals surface area contributed by atoms with Crippen molar-refractivity contribution in [3.63, 3.8) is 0 Å². The standard InChI is InChI=1S/C36H33Cl5N2O5S/c1-8-43-24-13-26-21(10-19(24)17(3)14-36(43,6)7)27(28-29(34(44)47-9-2)31(38)33(40)32(39)30(28)37)22-11-20-18(16-49(41,45)46)15-35(4,5)42-23(20)12-25(22)48-26/h10-15H,8-9,16H2,1-7H3. The molecular formula is C36H33Cl5N2O5S. The molecule has 0 saturated carbocycles. The summed E-state index contributed by atoms with van der Waals surface area (Å²) in [6, 6.07) is 7.52. The van der Waals surface area contributed by atoms with Crippen LogP contribution in [0.1, 0.15) is 81.1 Å². The van der Waals surface area contributed by atoms with Gasteiger partial charge in [0.2, 0.25) is 9.05 Å². The Morgan fingerprint density at radius 2 is 1.57 bits per heavy atom. The van der Waals surface area contributed by atoms with E-state index < -0.39 is 26.3 Å². The van der Waals surface area contributed by atoms with Gasteiger partial charge >= 0.3 is 5.97 Å². The quantitative estimate of drug-likeness (QED) is 0.0840. The van der Waals surface area contributed by atoms with E-state index in [9.17, 15) is 13.2 Å². The second-order valence-electron chi connectivity index (χ2n) is 13.3. The van der Waals surface area contributed by atoms with Gasteiger partial charge in [0.25, 0.3) is 0 Å². The minimum Gasteiger partial charge on any atom is -0.462 e.